The SMILES string of the molecule is COc1cccc(Nc2cc(C(=O)O)cc(C(C)C)n2)c1. The second-order valence-corrected chi connectivity index (χ2v) is 4.98. The summed E-state index contributed by atoms with van der Waals surface area (Å²) in [6.45, 7) is 3.95. The number of benzene rings is 1. The summed E-state index contributed by atoms with van der Waals surface area (Å²) in [5.41, 5.74) is 1.75. The van der Waals surface area contributed by atoms with Crippen LogP contribution in [0.25, 0.3) is 0 Å². The van der Waals surface area contributed by atoms with Crippen LogP contribution in [0.4, 0.5) is 11.5 Å². The van der Waals surface area contributed by atoms with E-state index in [1.54, 1.807) is 13.2 Å². The van der Waals surface area contributed by atoms with Crippen LogP contribution >= 0.6 is 0 Å². The fourth-order valence-corrected chi connectivity index (χ4v) is 1.88. The van der Waals surface area contributed by atoms with E-state index in [0.717, 1.165) is 17.1 Å². The summed E-state index contributed by atoms with van der Waals surface area (Å²) < 4.78 is 5.16. The summed E-state index contributed by atoms with van der Waals surface area (Å²) in [4.78, 5) is 15.7. The number of aromatic carboxylic acids is 1. The predicted molar refractivity (Wildman–Crippen MR) is 81.6 cm³/mol. The van der Waals surface area contributed by atoms with Crippen molar-refractivity contribution in [3.05, 3.63) is 47.7 Å². The average molecular weight is 286 g/mol. The number of methoxy groups -OCH3 is 1. The van der Waals surface area contributed by atoms with Crippen molar-refractivity contribution in [2.24, 2.45) is 0 Å². The number of nitrogens with zero attached hydrogens (tertiary/aromatic N) is 1. The van der Waals surface area contributed by atoms with E-state index in [-0.39, 0.29) is 11.5 Å². The van der Waals surface area contributed by atoms with E-state index in [0.29, 0.717) is 5.82 Å². The van der Waals surface area contributed by atoms with Crippen LogP contribution in [0.1, 0.15) is 35.8 Å². The van der Waals surface area contributed by atoms with Crippen molar-refractivity contribution >= 4 is 17.5 Å². The minimum absolute atomic E-state index is 0.148. The largest absolute Gasteiger partial charge is 0.497 e. The van der Waals surface area contributed by atoms with Crippen LogP contribution in [0.3, 0.4) is 0 Å². The molecule has 0 aliphatic heterocycles. The molecule has 0 bridgehead atoms. The van der Waals surface area contributed by atoms with Gasteiger partial charge in [0.25, 0.3) is 0 Å². The highest BCUT2D eigenvalue weighted by molar-refractivity contribution is 5.88. The van der Waals surface area contributed by atoms with Crippen molar-refractivity contribution in [1.29, 1.82) is 0 Å². The lowest BCUT2D eigenvalue weighted by Gasteiger charge is -2.12. The van der Waals surface area contributed by atoms with Crippen LogP contribution in [-0.2, 0) is 0 Å². The monoisotopic (exact) mass is 286 g/mol. The molecule has 110 valence electrons. The number of hydrogen-bond donors (Lipinski definition) is 2. The van der Waals surface area contributed by atoms with E-state index in [2.05, 4.69) is 10.3 Å². The quantitative estimate of drug-likeness (QED) is 0.877. The first-order valence-electron chi connectivity index (χ1n) is 6.66. The van der Waals surface area contributed by atoms with Gasteiger partial charge in [-0.1, -0.05) is 19.9 Å². The van der Waals surface area contributed by atoms with E-state index >= 15 is 0 Å². The Hall–Kier alpha value is -2.56. The molecule has 5 heteroatoms. The van der Waals surface area contributed by atoms with Crippen molar-refractivity contribution in [3.63, 3.8) is 0 Å². The van der Waals surface area contributed by atoms with Gasteiger partial charge in [-0.05, 0) is 30.2 Å². The zero-order valence-corrected chi connectivity index (χ0v) is 12.3. The summed E-state index contributed by atoms with van der Waals surface area (Å²) in [7, 11) is 1.60. The first kappa shape index (κ1) is 14.8. The number of hydrogen-bond acceptors (Lipinski definition) is 4. The van der Waals surface area contributed by atoms with Crippen LogP contribution in [0.2, 0.25) is 0 Å². The minimum Gasteiger partial charge on any atom is -0.497 e. The smallest absolute Gasteiger partial charge is 0.335 e. The molecule has 0 radical (unpaired) electrons. The lowest BCUT2D eigenvalue weighted by atomic mass is 10.1. The maximum Gasteiger partial charge on any atom is 0.335 e. The highest BCUT2D eigenvalue weighted by atomic mass is 16.5. The molecule has 5 nitrogen and oxygen atoms in total. The summed E-state index contributed by atoms with van der Waals surface area (Å²) in [5.74, 6) is 0.411. The van der Waals surface area contributed by atoms with Gasteiger partial charge in [-0.25, -0.2) is 9.78 Å². The second kappa shape index (κ2) is 6.26. The molecule has 0 aliphatic rings. The van der Waals surface area contributed by atoms with Crippen LogP contribution in [-0.4, -0.2) is 23.2 Å². The zero-order chi connectivity index (χ0) is 15.4. The summed E-state index contributed by atoms with van der Waals surface area (Å²) in [6, 6.07) is 10.5. The highest BCUT2D eigenvalue weighted by Gasteiger charge is 2.11. The Morgan fingerprint density at radius 3 is 2.67 bits per heavy atom. The normalized spacial score (nSPS) is 10.5. The maximum atomic E-state index is 11.2. The molecule has 2 N–H and O–H groups in total. The number of carboxylic acids is 1. The number of carbonyl (C=O) groups is 1. The summed E-state index contributed by atoms with van der Waals surface area (Å²) >= 11 is 0. The molecule has 2 aromatic rings. The highest BCUT2D eigenvalue weighted by Crippen LogP contribution is 2.23. The number of aromatic nitrogens is 1. The molecular formula is C16H18N2O3. The predicted octanol–water partition coefficient (Wildman–Crippen LogP) is 3.66. The molecule has 0 saturated heterocycles. The van der Waals surface area contributed by atoms with Gasteiger partial charge in [0, 0.05) is 17.4 Å². The fourth-order valence-electron chi connectivity index (χ4n) is 1.88. The van der Waals surface area contributed by atoms with E-state index in [9.17, 15) is 9.90 Å². The second-order valence-electron chi connectivity index (χ2n) is 4.98. The molecule has 1 aromatic carbocycles. The molecule has 0 atom stereocenters. The van der Waals surface area contributed by atoms with Gasteiger partial charge in [0.2, 0.25) is 0 Å². The van der Waals surface area contributed by atoms with Crippen molar-refractivity contribution in [2.75, 3.05) is 12.4 Å². The Labute approximate surface area is 123 Å². The molecule has 0 saturated carbocycles. The van der Waals surface area contributed by atoms with Crippen molar-refractivity contribution < 1.29 is 14.6 Å². The number of ether oxygens (including phenoxy) is 1. The zero-order valence-electron chi connectivity index (χ0n) is 12.3. The number of rotatable bonds is 5. The number of pyridine rings is 1. The van der Waals surface area contributed by atoms with Gasteiger partial charge in [-0.2, -0.15) is 0 Å². The third-order valence-electron chi connectivity index (χ3n) is 3.03. The number of carboxylic acid groups (broad SMARTS) is 1. The molecular weight excluding hydrogens is 268 g/mol. The Balaban J connectivity index is 2.36. The van der Waals surface area contributed by atoms with Crippen LogP contribution in [0.15, 0.2) is 36.4 Å². The molecule has 1 aromatic heterocycles. The average Bonchev–Trinajstić information content (AvgIpc) is 2.47. The van der Waals surface area contributed by atoms with E-state index in [1.165, 1.54) is 6.07 Å². The van der Waals surface area contributed by atoms with Gasteiger partial charge < -0.3 is 15.2 Å². The summed E-state index contributed by atoms with van der Waals surface area (Å²) in [6.07, 6.45) is 0. The van der Waals surface area contributed by atoms with Crippen LogP contribution in [0.5, 0.6) is 5.75 Å². The van der Waals surface area contributed by atoms with Gasteiger partial charge in [-0.15, -0.1) is 0 Å². The van der Waals surface area contributed by atoms with Gasteiger partial charge in [0.05, 0.1) is 12.7 Å². The van der Waals surface area contributed by atoms with Crippen LogP contribution < -0.4 is 10.1 Å². The lowest BCUT2D eigenvalue weighted by molar-refractivity contribution is 0.0696. The maximum absolute atomic E-state index is 11.2. The fraction of sp³-hybridized carbons (Fsp3) is 0.250. The first-order chi connectivity index (χ1) is 9.99. The third-order valence-corrected chi connectivity index (χ3v) is 3.03. The van der Waals surface area contributed by atoms with Crippen LogP contribution in [0, 0.1) is 0 Å². The van der Waals surface area contributed by atoms with Gasteiger partial charge in [0.15, 0.2) is 0 Å². The van der Waals surface area contributed by atoms with E-state index < -0.39 is 5.97 Å². The molecule has 21 heavy (non-hydrogen) atoms. The topological polar surface area (TPSA) is 71.5 Å². The van der Waals surface area contributed by atoms with Crippen molar-refractivity contribution in [2.45, 2.75) is 19.8 Å². The van der Waals surface area contributed by atoms with E-state index in [1.807, 2.05) is 38.1 Å². The van der Waals surface area contributed by atoms with Gasteiger partial charge in [0.1, 0.15) is 11.6 Å². The number of anilines is 2. The Morgan fingerprint density at radius 2 is 2.05 bits per heavy atom. The van der Waals surface area contributed by atoms with Gasteiger partial charge >= 0.3 is 5.97 Å². The van der Waals surface area contributed by atoms with Crippen molar-refractivity contribution in [1.82, 2.24) is 4.98 Å². The molecule has 0 unspecified atom stereocenters. The Bertz CT molecular complexity index is 654. The molecule has 0 aliphatic carbocycles. The number of nitrogens with one attached hydrogen (secondary N) is 1. The Kier molecular flexibility index (Phi) is 4.42. The standard InChI is InChI=1S/C16H18N2O3/c1-10(2)14-7-11(16(19)20)8-15(18-14)17-12-5-4-6-13(9-12)21-3/h4-10H,1-3H3,(H,17,18)(H,19,20). The molecule has 0 amide bonds. The molecule has 0 fully saturated rings. The summed E-state index contributed by atoms with van der Waals surface area (Å²) in [5, 5.41) is 12.3. The van der Waals surface area contributed by atoms with E-state index in [4.69, 9.17) is 4.74 Å². The molecule has 1 heterocycles. The minimum atomic E-state index is -0.965. The Morgan fingerprint density at radius 1 is 1.29 bits per heavy atom. The third kappa shape index (κ3) is 3.72. The van der Waals surface area contributed by atoms with Crippen molar-refractivity contribution in [3.8, 4) is 5.75 Å². The van der Waals surface area contributed by atoms with Gasteiger partial charge in [-0.3, -0.25) is 0 Å². The molecule has 0 spiro atoms. The molecule has 2 rings (SSSR count). The lowest BCUT2D eigenvalue weighted by Crippen LogP contribution is -2.04. The first-order valence-corrected chi connectivity index (χ1v) is 6.66.